The lowest BCUT2D eigenvalue weighted by molar-refractivity contribution is 0.0751. The van der Waals surface area contributed by atoms with Crippen LogP contribution in [0.25, 0.3) is 0 Å². The van der Waals surface area contributed by atoms with E-state index >= 15 is 0 Å². The third-order valence-corrected chi connectivity index (χ3v) is 2.30. The van der Waals surface area contributed by atoms with E-state index in [0.717, 1.165) is 18.4 Å². The van der Waals surface area contributed by atoms with Gasteiger partial charge < -0.3 is 10.2 Å². The molecule has 14 heavy (non-hydrogen) atoms. The fraction of sp³-hybridized carbons (Fsp3) is 0.500. The van der Waals surface area contributed by atoms with Gasteiger partial charge in [-0.1, -0.05) is 43.7 Å². The molecule has 2 nitrogen and oxygen atoms in total. The Labute approximate surface area is 85.2 Å². The zero-order chi connectivity index (χ0) is 10.4. The lowest BCUT2D eigenvalue weighted by atomic mass is 10.0. The van der Waals surface area contributed by atoms with E-state index < -0.39 is 12.2 Å². The van der Waals surface area contributed by atoms with Gasteiger partial charge >= 0.3 is 0 Å². The van der Waals surface area contributed by atoms with Crippen LogP contribution in [0.1, 0.15) is 37.9 Å². The third-order valence-electron chi connectivity index (χ3n) is 2.30. The predicted octanol–water partition coefficient (Wildman–Crippen LogP) is 2.27. The molecule has 0 fully saturated rings. The highest BCUT2D eigenvalue weighted by atomic mass is 16.3. The van der Waals surface area contributed by atoms with E-state index in [4.69, 9.17) is 0 Å². The zero-order valence-corrected chi connectivity index (χ0v) is 8.56. The molecule has 0 aliphatic rings. The highest BCUT2D eigenvalue weighted by molar-refractivity contribution is 5.17. The normalized spacial score (nSPS) is 15.1. The number of rotatable bonds is 5. The molecule has 0 heterocycles. The second-order valence-electron chi connectivity index (χ2n) is 3.60. The number of aliphatic hydroxyl groups is 2. The standard InChI is InChI=1S/C12H18O2/c1-2-6-11(13)9-12(14)10-7-4-3-5-8-10/h3-5,7-8,11-14H,2,6,9H2,1H3. The van der Waals surface area contributed by atoms with Crippen LogP contribution >= 0.6 is 0 Å². The van der Waals surface area contributed by atoms with Crippen molar-refractivity contribution >= 4 is 0 Å². The molecule has 78 valence electrons. The second-order valence-corrected chi connectivity index (χ2v) is 3.60. The van der Waals surface area contributed by atoms with Crippen LogP contribution in [0, 0.1) is 0 Å². The maximum atomic E-state index is 9.76. The van der Waals surface area contributed by atoms with Gasteiger partial charge in [0.1, 0.15) is 0 Å². The summed E-state index contributed by atoms with van der Waals surface area (Å²) < 4.78 is 0. The molecule has 2 N–H and O–H groups in total. The summed E-state index contributed by atoms with van der Waals surface area (Å²) in [5.41, 5.74) is 0.877. The van der Waals surface area contributed by atoms with Gasteiger partial charge in [-0.05, 0) is 12.0 Å². The van der Waals surface area contributed by atoms with Crippen LogP contribution in [0.3, 0.4) is 0 Å². The van der Waals surface area contributed by atoms with Crippen LogP contribution < -0.4 is 0 Å². The Hall–Kier alpha value is -0.860. The Morgan fingerprint density at radius 2 is 1.79 bits per heavy atom. The summed E-state index contributed by atoms with van der Waals surface area (Å²) in [6.07, 6.45) is 1.19. The molecule has 1 aromatic carbocycles. The smallest absolute Gasteiger partial charge is 0.0814 e. The summed E-state index contributed by atoms with van der Waals surface area (Å²) in [6.45, 7) is 2.03. The minimum Gasteiger partial charge on any atom is -0.393 e. The highest BCUT2D eigenvalue weighted by Gasteiger charge is 2.12. The molecule has 2 heteroatoms. The Bertz CT molecular complexity index is 246. The average Bonchev–Trinajstić information content (AvgIpc) is 2.19. The Balaban J connectivity index is 2.46. The number of benzene rings is 1. The summed E-state index contributed by atoms with van der Waals surface area (Å²) in [4.78, 5) is 0. The zero-order valence-electron chi connectivity index (χ0n) is 8.56. The summed E-state index contributed by atoms with van der Waals surface area (Å²) in [5, 5.41) is 19.3. The largest absolute Gasteiger partial charge is 0.393 e. The first kappa shape index (κ1) is 11.2. The lowest BCUT2D eigenvalue weighted by Crippen LogP contribution is -2.11. The van der Waals surface area contributed by atoms with E-state index in [1.165, 1.54) is 0 Å². The first-order chi connectivity index (χ1) is 6.74. The van der Waals surface area contributed by atoms with Crippen LogP contribution in [0.15, 0.2) is 30.3 Å². The van der Waals surface area contributed by atoms with Crippen molar-refractivity contribution in [1.29, 1.82) is 0 Å². The molecule has 0 spiro atoms. The van der Waals surface area contributed by atoms with Crippen LogP contribution in [-0.2, 0) is 0 Å². The van der Waals surface area contributed by atoms with Gasteiger partial charge in [-0.25, -0.2) is 0 Å². The molecule has 0 amide bonds. The predicted molar refractivity (Wildman–Crippen MR) is 56.9 cm³/mol. The third kappa shape index (κ3) is 3.48. The minimum absolute atomic E-state index is 0.393. The van der Waals surface area contributed by atoms with E-state index in [9.17, 15) is 10.2 Å². The van der Waals surface area contributed by atoms with Crippen molar-refractivity contribution < 1.29 is 10.2 Å². The Morgan fingerprint density at radius 3 is 2.36 bits per heavy atom. The molecule has 2 unspecified atom stereocenters. The van der Waals surface area contributed by atoms with E-state index in [1.807, 2.05) is 37.3 Å². The molecular formula is C12H18O2. The monoisotopic (exact) mass is 194 g/mol. The first-order valence-electron chi connectivity index (χ1n) is 5.15. The lowest BCUT2D eigenvalue weighted by Gasteiger charge is -2.15. The quantitative estimate of drug-likeness (QED) is 0.755. The molecule has 0 bridgehead atoms. The SMILES string of the molecule is CCCC(O)CC(O)c1ccccc1. The molecule has 0 saturated heterocycles. The van der Waals surface area contributed by atoms with Gasteiger partial charge in [-0.15, -0.1) is 0 Å². The van der Waals surface area contributed by atoms with Gasteiger partial charge in [0.15, 0.2) is 0 Å². The molecule has 0 aliphatic carbocycles. The van der Waals surface area contributed by atoms with Crippen molar-refractivity contribution in [2.45, 2.75) is 38.4 Å². The van der Waals surface area contributed by atoms with Gasteiger partial charge in [0, 0.05) is 6.42 Å². The molecular weight excluding hydrogens is 176 g/mol. The number of hydrogen-bond donors (Lipinski definition) is 2. The summed E-state index contributed by atoms with van der Waals surface area (Å²) >= 11 is 0. The van der Waals surface area contributed by atoms with Crippen molar-refractivity contribution in [2.24, 2.45) is 0 Å². The Kier molecular flexibility index (Phi) is 4.63. The Morgan fingerprint density at radius 1 is 1.14 bits per heavy atom. The van der Waals surface area contributed by atoms with E-state index in [2.05, 4.69) is 0 Å². The first-order valence-corrected chi connectivity index (χ1v) is 5.15. The van der Waals surface area contributed by atoms with Crippen molar-refractivity contribution in [1.82, 2.24) is 0 Å². The fourth-order valence-corrected chi connectivity index (χ4v) is 1.52. The van der Waals surface area contributed by atoms with Crippen LogP contribution in [0.5, 0.6) is 0 Å². The second kappa shape index (κ2) is 5.78. The maximum absolute atomic E-state index is 9.76. The van der Waals surface area contributed by atoms with Crippen LogP contribution in [0.4, 0.5) is 0 Å². The molecule has 0 aromatic heterocycles. The molecule has 2 atom stereocenters. The summed E-state index contributed by atoms with van der Waals surface area (Å²) in [6, 6.07) is 9.46. The van der Waals surface area contributed by atoms with Gasteiger partial charge in [-0.3, -0.25) is 0 Å². The molecule has 0 radical (unpaired) electrons. The van der Waals surface area contributed by atoms with E-state index in [1.54, 1.807) is 0 Å². The van der Waals surface area contributed by atoms with Gasteiger partial charge in [0.05, 0.1) is 12.2 Å². The van der Waals surface area contributed by atoms with Crippen LogP contribution in [0.2, 0.25) is 0 Å². The minimum atomic E-state index is -0.544. The fourth-order valence-electron chi connectivity index (χ4n) is 1.52. The molecule has 0 aliphatic heterocycles. The molecule has 1 aromatic rings. The van der Waals surface area contributed by atoms with E-state index in [0.29, 0.717) is 6.42 Å². The average molecular weight is 194 g/mol. The number of aliphatic hydroxyl groups excluding tert-OH is 2. The van der Waals surface area contributed by atoms with Gasteiger partial charge in [0.25, 0.3) is 0 Å². The highest BCUT2D eigenvalue weighted by Crippen LogP contribution is 2.19. The van der Waals surface area contributed by atoms with Crippen molar-refractivity contribution in [3.05, 3.63) is 35.9 Å². The molecule has 0 saturated carbocycles. The van der Waals surface area contributed by atoms with Crippen molar-refractivity contribution in [3.63, 3.8) is 0 Å². The molecule has 1 rings (SSSR count). The van der Waals surface area contributed by atoms with Crippen molar-refractivity contribution in [3.8, 4) is 0 Å². The van der Waals surface area contributed by atoms with Gasteiger partial charge in [-0.2, -0.15) is 0 Å². The number of hydrogen-bond acceptors (Lipinski definition) is 2. The topological polar surface area (TPSA) is 40.5 Å². The maximum Gasteiger partial charge on any atom is 0.0814 e. The van der Waals surface area contributed by atoms with Crippen LogP contribution in [-0.4, -0.2) is 16.3 Å². The van der Waals surface area contributed by atoms with Crippen molar-refractivity contribution in [2.75, 3.05) is 0 Å². The van der Waals surface area contributed by atoms with Gasteiger partial charge in [0.2, 0.25) is 0 Å². The van der Waals surface area contributed by atoms with E-state index in [-0.39, 0.29) is 0 Å². The summed E-state index contributed by atoms with van der Waals surface area (Å²) in [7, 11) is 0. The summed E-state index contributed by atoms with van der Waals surface area (Å²) in [5.74, 6) is 0.